The number of carbonyl (C=O) groups excluding carboxylic acids is 2. The Bertz CT molecular complexity index is 353. The van der Waals surface area contributed by atoms with Crippen molar-refractivity contribution in [2.45, 2.75) is 26.7 Å². The van der Waals surface area contributed by atoms with Crippen LogP contribution in [0.15, 0.2) is 0 Å². The van der Waals surface area contributed by atoms with E-state index >= 15 is 0 Å². The molecule has 0 heterocycles. The minimum Gasteiger partial charge on any atom is -0.465 e. The average molecular weight is 238 g/mol. The zero-order valence-electron chi connectivity index (χ0n) is 10.5. The molecule has 0 aromatic rings. The molecule has 0 unspecified atom stereocenters. The molecule has 1 rings (SSSR count). The summed E-state index contributed by atoms with van der Waals surface area (Å²) >= 11 is 0. The third kappa shape index (κ3) is 2.76. The van der Waals surface area contributed by atoms with Crippen LogP contribution >= 0.6 is 0 Å². The third-order valence-electron chi connectivity index (χ3n) is 3.04. The smallest absolute Gasteiger partial charge is 0.325 e. The molecule has 94 valence electrons. The Kier molecular flexibility index (Phi) is 4.11. The van der Waals surface area contributed by atoms with E-state index in [1.807, 2.05) is 6.92 Å². The van der Waals surface area contributed by atoms with E-state index < -0.39 is 11.4 Å². The lowest BCUT2D eigenvalue weighted by Crippen LogP contribution is -2.50. The number of esters is 1. The fraction of sp³-hybridized carbons (Fsp3) is 0.750. The molecular weight excluding hydrogens is 220 g/mol. The van der Waals surface area contributed by atoms with Gasteiger partial charge in [0.1, 0.15) is 12.0 Å². The highest BCUT2D eigenvalue weighted by atomic mass is 16.5. The van der Waals surface area contributed by atoms with Crippen LogP contribution in [0.4, 0.5) is 0 Å². The third-order valence-corrected chi connectivity index (χ3v) is 3.04. The molecule has 0 saturated heterocycles. The van der Waals surface area contributed by atoms with Gasteiger partial charge in [0.15, 0.2) is 0 Å². The molecule has 17 heavy (non-hydrogen) atoms. The Balaban J connectivity index is 2.58. The minimum atomic E-state index is -0.916. The summed E-state index contributed by atoms with van der Waals surface area (Å²) in [5, 5.41) is 9.10. The summed E-state index contributed by atoms with van der Waals surface area (Å²) in [6.07, 6.45) is 1.16. The summed E-state index contributed by atoms with van der Waals surface area (Å²) in [5.41, 5.74) is -0.916. The first-order valence-corrected chi connectivity index (χ1v) is 5.77. The van der Waals surface area contributed by atoms with Gasteiger partial charge < -0.3 is 9.64 Å². The van der Waals surface area contributed by atoms with Crippen LogP contribution in [-0.4, -0.2) is 37.0 Å². The van der Waals surface area contributed by atoms with E-state index in [-0.39, 0.29) is 12.5 Å². The number of carbonyl (C=O) groups is 2. The molecular formula is C12H18N2O3. The van der Waals surface area contributed by atoms with E-state index in [4.69, 9.17) is 10.00 Å². The summed E-state index contributed by atoms with van der Waals surface area (Å²) in [4.78, 5) is 24.6. The van der Waals surface area contributed by atoms with Gasteiger partial charge in [-0.15, -0.1) is 0 Å². The highest BCUT2D eigenvalue weighted by Crippen LogP contribution is 2.46. The predicted molar refractivity (Wildman–Crippen MR) is 60.7 cm³/mol. The first kappa shape index (κ1) is 13.5. The van der Waals surface area contributed by atoms with Crippen molar-refractivity contribution in [1.29, 1.82) is 5.26 Å². The summed E-state index contributed by atoms with van der Waals surface area (Å²) in [6, 6.07) is 2.09. The zero-order chi connectivity index (χ0) is 13.1. The van der Waals surface area contributed by atoms with Crippen molar-refractivity contribution in [3.63, 3.8) is 0 Å². The van der Waals surface area contributed by atoms with Crippen LogP contribution in [0.25, 0.3) is 0 Å². The molecule has 0 radical (unpaired) electrons. The van der Waals surface area contributed by atoms with Gasteiger partial charge in [-0.05, 0) is 25.7 Å². The van der Waals surface area contributed by atoms with Crippen LogP contribution in [0, 0.1) is 22.7 Å². The van der Waals surface area contributed by atoms with E-state index in [1.165, 1.54) is 11.9 Å². The van der Waals surface area contributed by atoms with Crippen LogP contribution in [0.3, 0.4) is 0 Å². The Morgan fingerprint density at radius 3 is 2.53 bits per heavy atom. The predicted octanol–water partition coefficient (Wildman–Crippen LogP) is 0.948. The molecule has 5 heteroatoms. The van der Waals surface area contributed by atoms with Crippen molar-refractivity contribution in [3.05, 3.63) is 0 Å². The van der Waals surface area contributed by atoms with E-state index in [2.05, 4.69) is 6.07 Å². The standard InChI is InChI=1S/C12H18N2O3/c1-4-17-10(15)7-14(3)11(16)12(8-13)5-9(2)6-12/h9H,4-7H2,1-3H3. The monoisotopic (exact) mass is 238 g/mol. The Morgan fingerprint density at radius 1 is 1.53 bits per heavy atom. The van der Waals surface area contributed by atoms with Gasteiger partial charge in [-0.1, -0.05) is 6.92 Å². The number of likely N-dealkylation sites (N-methyl/N-ethyl adjacent to an activating group) is 1. The maximum atomic E-state index is 12.1. The molecule has 1 saturated carbocycles. The van der Waals surface area contributed by atoms with E-state index in [0.717, 1.165) is 0 Å². The highest BCUT2D eigenvalue weighted by Gasteiger charge is 2.50. The molecule has 5 nitrogen and oxygen atoms in total. The van der Waals surface area contributed by atoms with E-state index in [1.54, 1.807) is 6.92 Å². The van der Waals surface area contributed by atoms with Crippen LogP contribution in [0.5, 0.6) is 0 Å². The van der Waals surface area contributed by atoms with Crippen molar-refractivity contribution in [3.8, 4) is 6.07 Å². The second-order valence-corrected chi connectivity index (χ2v) is 4.67. The number of rotatable bonds is 4. The van der Waals surface area contributed by atoms with E-state index in [9.17, 15) is 9.59 Å². The lowest BCUT2D eigenvalue weighted by Gasteiger charge is -2.41. The summed E-state index contributed by atoms with van der Waals surface area (Å²) < 4.78 is 4.77. The second kappa shape index (κ2) is 5.17. The van der Waals surface area contributed by atoms with Gasteiger partial charge >= 0.3 is 5.97 Å². The molecule has 0 bridgehead atoms. The number of ether oxygens (including phenoxy) is 1. The minimum absolute atomic E-state index is 0.0928. The number of nitrogens with zero attached hydrogens (tertiary/aromatic N) is 2. The normalized spacial score (nSPS) is 26.6. The molecule has 0 N–H and O–H groups in total. The van der Waals surface area contributed by atoms with Gasteiger partial charge in [0.05, 0.1) is 12.7 Å². The Morgan fingerprint density at radius 2 is 2.12 bits per heavy atom. The summed E-state index contributed by atoms with van der Waals surface area (Å²) in [7, 11) is 1.53. The lowest BCUT2D eigenvalue weighted by molar-refractivity contribution is -0.153. The van der Waals surface area contributed by atoms with Gasteiger partial charge in [-0.2, -0.15) is 5.26 Å². The van der Waals surface area contributed by atoms with Gasteiger partial charge in [0, 0.05) is 7.05 Å². The Hall–Kier alpha value is -1.57. The Labute approximate surface area is 101 Å². The maximum Gasteiger partial charge on any atom is 0.325 e. The topological polar surface area (TPSA) is 70.4 Å². The van der Waals surface area contributed by atoms with Crippen molar-refractivity contribution in [2.75, 3.05) is 20.2 Å². The molecule has 0 spiro atoms. The van der Waals surface area contributed by atoms with E-state index in [0.29, 0.717) is 25.4 Å². The van der Waals surface area contributed by atoms with Crippen molar-refractivity contribution in [2.24, 2.45) is 11.3 Å². The SMILES string of the molecule is CCOC(=O)CN(C)C(=O)C1(C#N)CC(C)C1. The fourth-order valence-corrected chi connectivity index (χ4v) is 2.28. The summed E-state index contributed by atoms with van der Waals surface area (Å²) in [5.74, 6) is -0.315. The first-order valence-electron chi connectivity index (χ1n) is 5.77. The number of nitriles is 1. The molecule has 0 aliphatic heterocycles. The maximum absolute atomic E-state index is 12.1. The fourth-order valence-electron chi connectivity index (χ4n) is 2.28. The second-order valence-electron chi connectivity index (χ2n) is 4.67. The largest absolute Gasteiger partial charge is 0.465 e. The quantitative estimate of drug-likeness (QED) is 0.684. The molecule has 0 aromatic heterocycles. The number of hydrogen-bond acceptors (Lipinski definition) is 4. The number of amides is 1. The van der Waals surface area contributed by atoms with Gasteiger partial charge in [-0.3, -0.25) is 9.59 Å². The van der Waals surface area contributed by atoms with Crippen molar-refractivity contribution >= 4 is 11.9 Å². The summed E-state index contributed by atoms with van der Waals surface area (Å²) in [6.45, 7) is 3.92. The zero-order valence-corrected chi connectivity index (χ0v) is 10.5. The molecule has 1 aliphatic rings. The molecule has 0 aromatic carbocycles. The van der Waals surface area contributed by atoms with Gasteiger partial charge in [0.25, 0.3) is 0 Å². The van der Waals surface area contributed by atoms with Gasteiger partial charge in [0.2, 0.25) is 5.91 Å². The molecule has 1 amide bonds. The van der Waals surface area contributed by atoms with Crippen molar-refractivity contribution in [1.82, 2.24) is 4.90 Å². The molecule has 1 aliphatic carbocycles. The van der Waals surface area contributed by atoms with Crippen LogP contribution < -0.4 is 0 Å². The van der Waals surface area contributed by atoms with Gasteiger partial charge in [-0.25, -0.2) is 0 Å². The lowest BCUT2D eigenvalue weighted by atomic mass is 9.63. The highest BCUT2D eigenvalue weighted by molar-refractivity contribution is 5.89. The van der Waals surface area contributed by atoms with Crippen LogP contribution in [-0.2, 0) is 14.3 Å². The first-order chi connectivity index (χ1) is 7.95. The molecule has 0 atom stereocenters. The van der Waals surface area contributed by atoms with Crippen LogP contribution in [0.2, 0.25) is 0 Å². The van der Waals surface area contributed by atoms with Crippen molar-refractivity contribution < 1.29 is 14.3 Å². The molecule has 1 fully saturated rings. The number of hydrogen-bond donors (Lipinski definition) is 0. The average Bonchev–Trinajstić information content (AvgIpc) is 2.23. The van der Waals surface area contributed by atoms with Crippen LogP contribution in [0.1, 0.15) is 26.7 Å².